The maximum absolute atomic E-state index is 12.7. The van der Waals surface area contributed by atoms with Crippen LogP contribution in [0.2, 0.25) is 0 Å². The van der Waals surface area contributed by atoms with E-state index in [9.17, 15) is 22.8 Å². The fourth-order valence-electron chi connectivity index (χ4n) is 4.45. The summed E-state index contributed by atoms with van der Waals surface area (Å²) in [6.07, 6.45) is 2.69. The highest BCUT2D eigenvalue weighted by Gasteiger charge is 2.30. The number of hydrogen-bond acceptors (Lipinski definition) is 3. The van der Waals surface area contributed by atoms with Crippen molar-refractivity contribution in [3.63, 3.8) is 0 Å². The molecule has 1 aliphatic carbocycles. The maximum Gasteiger partial charge on any atom is 0.416 e. The monoisotopic (exact) mass is 519 g/mol. The summed E-state index contributed by atoms with van der Waals surface area (Å²) in [5, 5.41) is 2.77. The topological polar surface area (TPSA) is 55.4 Å². The van der Waals surface area contributed by atoms with Crippen LogP contribution in [0.1, 0.15) is 62.2 Å². The molecule has 3 aromatic rings. The molecule has 0 unspecified atom stereocenters. The summed E-state index contributed by atoms with van der Waals surface area (Å²) in [5.74, 6) is -0.797. The Hall–Kier alpha value is -4.13. The Labute approximate surface area is 219 Å². The first kappa shape index (κ1) is 26.9. The zero-order valence-corrected chi connectivity index (χ0v) is 21.0. The number of fused-ring (bicyclic) bond motifs is 1. The smallest absolute Gasteiger partial charge is 0.416 e. The number of nitrogens with one attached hydrogen (secondary N) is 1. The lowest BCUT2D eigenvalue weighted by atomic mass is 9.91. The van der Waals surface area contributed by atoms with Crippen LogP contribution in [0, 0.1) is 0 Å². The van der Waals surface area contributed by atoms with Gasteiger partial charge in [0.2, 0.25) is 0 Å². The Morgan fingerprint density at radius 3 is 2.29 bits per heavy atom. The summed E-state index contributed by atoms with van der Waals surface area (Å²) < 4.78 is 43.1. The Morgan fingerprint density at radius 2 is 1.61 bits per heavy atom. The highest BCUT2D eigenvalue weighted by atomic mass is 19.4. The van der Waals surface area contributed by atoms with Gasteiger partial charge in [-0.3, -0.25) is 4.79 Å². The second-order valence-corrected chi connectivity index (χ2v) is 9.08. The molecule has 0 heterocycles. The lowest BCUT2D eigenvalue weighted by molar-refractivity contribution is -0.137. The normalized spacial score (nSPS) is 13.1. The number of benzene rings is 3. The number of carbonyl (C=O) groups is 2. The molecule has 0 aromatic heterocycles. The SMILES string of the molecule is COC(=O)c1ccc2c(c1)C(CCCCNC(=O)c1ccc(C(F)(F)F)cc1)=CC=C(c1ccccc1)C2. The second kappa shape index (κ2) is 11.9. The minimum absolute atomic E-state index is 0.187. The standard InChI is InChI=1S/C31H28F3NO3/c1-38-30(37)26-13-12-25-19-24(21-7-3-2-4-8-21)11-10-22(28(25)20-26)9-5-6-18-35-29(36)23-14-16-27(17-15-23)31(32,33)34/h2-4,7-8,10-17,20H,5-6,9,18-19H2,1H3,(H,35,36). The van der Waals surface area contributed by atoms with E-state index in [0.717, 1.165) is 53.7 Å². The molecule has 1 amide bonds. The van der Waals surface area contributed by atoms with E-state index in [1.54, 1.807) is 6.07 Å². The van der Waals surface area contributed by atoms with Crippen molar-refractivity contribution in [3.8, 4) is 0 Å². The predicted octanol–water partition coefficient (Wildman–Crippen LogP) is 7.12. The third-order valence-electron chi connectivity index (χ3n) is 6.52. The van der Waals surface area contributed by atoms with Crippen LogP contribution in [0.4, 0.5) is 13.2 Å². The van der Waals surface area contributed by atoms with E-state index in [-0.39, 0.29) is 5.56 Å². The van der Waals surface area contributed by atoms with Gasteiger partial charge < -0.3 is 10.1 Å². The first-order valence-corrected chi connectivity index (χ1v) is 12.4. The van der Waals surface area contributed by atoms with Crippen molar-refractivity contribution in [1.29, 1.82) is 0 Å². The summed E-state index contributed by atoms with van der Waals surface area (Å²) >= 11 is 0. The number of amides is 1. The second-order valence-electron chi connectivity index (χ2n) is 9.08. The molecule has 38 heavy (non-hydrogen) atoms. The number of esters is 1. The summed E-state index contributed by atoms with van der Waals surface area (Å²) in [7, 11) is 1.36. The quantitative estimate of drug-likeness (QED) is 0.255. The van der Waals surface area contributed by atoms with Gasteiger partial charge in [-0.2, -0.15) is 13.2 Å². The Morgan fingerprint density at radius 1 is 0.895 bits per heavy atom. The molecule has 3 aromatic carbocycles. The lowest BCUT2D eigenvalue weighted by Crippen LogP contribution is -2.24. The van der Waals surface area contributed by atoms with Crippen LogP contribution in [0.15, 0.2) is 84.9 Å². The van der Waals surface area contributed by atoms with E-state index in [4.69, 9.17) is 4.74 Å². The first-order chi connectivity index (χ1) is 18.3. The summed E-state index contributed by atoms with van der Waals surface area (Å²) in [6, 6.07) is 20.0. The highest BCUT2D eigenvalue weighted by molar-refractivity contribution is 5.94. The first-order valence-electron chi connectivity index (χ1n) is 12.4. The van der Waals surface area contributed by atoms with E-state index >= 15 is 0 Å². The van der Waals surface area contributed by atoms with Gasteiger partial charge in [0.05, 0.1) is 18.2 Å². The van der Waals surface area contributed by atoms with Crippen molar-refractivity contribution in [1.82, 2.24) is 5.32 Å². The van der Waals surface area contributed by atoms with Gasteiger partial charge in [-0.05, 0) is 89.9 Å². The van der Waals surface area contributed by atoms with Gasteiger partial charge in [-0.25, -0.2) is 4.79 Å². The Kier molecular flexibility index (Phi) is 8.46. The fourth-order valence-corrected chi connectivity index (χ4v) is 4.45. The molecule has 4 rings (SSSR count). The molecular weight excluding hydrogens is 491 g/mol. The van der Waals surface area contributed by atoms with Gasteiger partial charge in [0, 0.05) is 12.1 Å². The predicted molar refractivity (Wildman–Crippen MR) is 142 cm³/mol. The summed E-state index contributed by atoms with van der Waals surface area (Å²) in [4.78, 5) is 24.5. The van der Waals surface area contributed by atoms with E-state index in [0.29, 0.717) is 18.5 Å². The third-order valence-corrected chi connectivity index (χ3v) is 6.52. The van der Waals surface area contributed by atoms with Crippen molar-refractivity contribution in [2.75, 3.05) is 13.7 Å². The molecule has 0 atom stereocenters. The van der Waals surface area contributed by atoms with Crippen molar-refractivity contribution in [2.45, 2.75) is 31.9 Å². The number of ether oxygens (including phenoxy) is 1. The molecule has 0 saturated heterocycles. The maximum atomic E-state index is 12.7. The third kappa shape index (κ3) is 6.59. The minimum atomic E-state index is -4.44. The number of methoxy groups -OCH3 is 1. The fraction of sp³-hybridized carbons (Fsp3) is 0.226. The van der Waals surface area contributed by atoms with Crippen LogP contribution in [-0.4, -0.2) is 25.5 Å². The van der Waals surface area contributed by atoms with Gasteiger partial charge in [0.1, 0.15) is 0 Å². The van der Waals surface area contributed by atoms with Crippen LogP contribution in [-0.2, 0) is 17.3 Å². The largest absolute Gasteiger partial charge is 0.465 e. The molecule has 0 aliphatic heterocycles. The molecule has 1 aliphatic rings. The van der Waals surface area contributed by atoms with Crippen molar-refractivity contribution < 1.29 is 27.5 Å². The van der Waals surface area contributed by atoms with Crippen molar-refractivity contribution >= 4 is 23.0 Å². The zero-order valence-electron chi connectivity index (χ0n) is 21.0. The molecular formula is C31H28F3NO3. The molecule has 7 heteroatoms. The van der Waals surface area contributed by atoms with E-state index in [1.807, 2.05) is 30.3 Å². The van der Waals surface area contributed by atoms with E-state index < -0.39 is 23.6 Å². The molecule has 0 spiro atoms. The summed E-state index contributed by atoms with van der Waals surface area (Å²) in [5.41, 5.74) is 5.42. The van der Waals surface area contributed by atoms with Crippen LogP contribution in [0.25, 0.3) is 11.1 Å². The number of carbonyl (C=O) groups excluding carboxylic acids is 2. The van der Waals surface area contributed by atoms with Crippen LogP contribution in [0.3, 0.4) is 0 Å². The van der Waals surface area contributed by atoms with Crippen LogP contribution in [0.5, 0.6) is 0 Å². The van der Waals surface area contributed by atoms with E-state index in [2.05, 4.69) is 29.6 Å². The van der Waals surface area contributed by atoms with E-state index in [1.165, 1.54) is 24.8 Å². The van der Waals surface area contributed by atoms with Gasteiger partial charge in [0.15, 0.2) is 0 Å². The average molecular weight is 520 g/mol. The summed E-state index contributed by atoms with van der Waals surface area (Å²) in [6.45, 7) is 0.396. The van der Waals surface area contributed by atoms with Crippen LogP contribution < -0.4 is 5.32 Å². The number of allylic oxidation sites excluding steroid dienone is 4. The number of halogens is 3. The molecule has 4 nitrogen and oxygen atoms in total. The number of rotatable bonds is 8. The van der Waals surface area contributed by atoms with Gasteiger partial charge in [0.25, 0.3) is 5.91 Å². The minimum Gasteiger partial charge on any atom is -0.465 e. The Balaban J connectivity index is 1.42. The molecule has 0 saturated carbocycles. The zero-order chi connectivity index (χ0) is 27.1. The van der Waals surface area contributed by atoms with Crippen LogP contribution >= 0.6 is 0 Å². The molecule has 0 radical (unpaired) electrons. The highest BCUT2D eigenvalue weighted by Crippen LogP contribution is 2.33. The molecule has 1 N–H and O–H groups in total. The number of hydrogen-bond donors (Lipinski definition) is 1. The number of alkyl halides is 3. The lowest BCUT2D eigenvalue weighted by Gasteiger charge is -2.14. The van der Waals surface area contributed by atoms with Crippen molar-refractivity contribution in [2.24, 2.45) is 0 Å². The van der Waals surface area contributed by atoms with Gasteiger partial charge in [-0.1, -0.05) is 48.6 Å². The molecule has 0 fully saturated rings. The number of unbranched alkanes of at least 4 members (excludes halogenated alkanes) is 1. The average Bonchev–Trinajstić information content (AvgIpc) is 3.11. The molecule has 0 bridgehead atoms. The Bertz CT molecular complexity index is 1360. The van der Waals surface area contributed by atoms with Gasteiger partial charge in [-0.15, -0.1) is 0 Å². The molecule has 196 valence electrons. The van der Waals surface area contributed by atoms with Crippen molar-refractivity contribution in [3.05, 3.63) is 118 Å². The van der Waals surface area contributed by atoms with Gasteiger partial charge >= 0.3 is 12.1 Å².